The van der Waals surface area contributed by atoms with Crippen LogP contribution in [0.1, 0.15) is 20.3 Å². The Labute approximate surface area is 123 Å². The molecule has 1 aromatic carbocycles. The molecule has 1 amide bonds. The summed E-state index contributed by atoms with van der Waals surface area (Å²) in [5.74, 6) is 0.771. The Kier molecular flexibility index (Phi) is 6.05. The van der Waals surface area contributed by atoms with Crippen molar-refractivity contribution in [3.05, 3.63) is 23.2 Å². The molecular weight excluding hydrogens is 284 g/mol. The fourth-order valence-electron chi connectivity index (χ4n) is 1.45. The van der Waals surface area contributed by atoms with Crippen molar-refractivity contribution in [2.75, 3.05) is 12.4 Å². The van der Waals surface area contributed by atoms with Crippen LogP contribution in [0.2, 0.25) is 5.02 Å². The Balaban J connectivity index is 2.57. The molecule has 2 N–H and O–H groups in total. The standard InChI is InChI=1S/C13H17ClN2O2S/c1-8(2)6-12(17)16-13(19)15-9-4-5-11(18-3)10(14)7-9/h4-5,7-8H,6H2,1-3H3,(H2,15,16,17,19). The number of hydrogen-bond donors (Lipinski definition) is 2. The lowest BCUT2D eigenvalue weighted by molar-refractivity contribution is -0.120. The van der Waals surface area contributed by atoms with E-state index in [0.717, 1.165) is 0 Å². The van der Waals surface area contributed by atoms with Crippen LogP contribution in [0, 0.1) is 5.92 Å². The summed E-state index contributed by atoms with van der Waals surface area (Å²) in [5, 5.41) is 6.24. The number of carbonyl (C=O) groups is 1. The first-order valence-electron chi connectivity index (χ1n) is 5.86. The Morgan fingerprint density at radius 2 is 2.16 bits per heavy atom. The molecule has 6 heteroatoms. The molecule has 0 aliphatic carbocycles. The number of benzene rings is 1. The van der Waals surface area contributed by atoms with E-state index in [0.29, 0.717) is 28.8 Å². The van der Waals surface area contributed by atoms with Crippen molar-refractivity contribution in [3.63, 3.8) is 0 Å². The van der Waals surface area contributed by atoms with Gasteiger partial charge in [0.25, 0.3) is 0 Å². The Bertz CT molecular complexity index is 478. The molecule has 0 saturated carbocycles. The smallest absolute Gasteiger partial charge is 0.226 e. The first-order valence-corrected chi connectivity index (χ1v) is 6.65. The first kappa shape index (κ1) is 15.7. The van der Waals surface area contributed by atoms with Gasteiger partial charge in [-0.2, -0.15) is 0 Å². The molecule has 19 heavy (non-hydrogen) atoms. The Hall–Kier alpha value is -1.33. The van der Waals surface area contributed by atoms with Gasteiger partial charge in [0.05, 0.1) is 12.1 Å². The van der Waals surface area contributed by atoms with Gasteiger partial charge in [-0.05, 0) is 36.3 Å². The fourth-order valence-corrected chi connectivity index (χ4v) is 1.94. The number of methoxy groups -OCH3 is 1. The second-order valence-electron chi connectivity index (χ2n) is 4.45. The number of anilines is 1. The normalized spacial score (nSPS) is 10.2. The molecular formula is C13H17ClN2O2S. The van der Waals surface area contributed by atoms with Gasteiger partial charge >= 0.3 is 0 Å². The van der Waals surface area contributed by atoms with Crippen molar-refractivity contribution in [1.29, 1.82) is 0 Å². The van der Waals surface area contributed by atoms with E-state index in [9.17, 15) is 4.79 Å². The summed E-state index contributed by atoms with van der Waals surface area (Å²) in [4.78, 5) is 11.5. The summed E-state index contributed by atoms with van der Waals surface area (Å²) in [6, 6.07) is 5.18. The zero-order chi connectivity index (χ0) is 14.4. The second kappa shape index (κ2) is 7.31. The molecule has 0 aromatic heterocycles. The van der Waals surface area contributed by atoms with Crippen molar-refractivity contribution >= 4 is 40.5 Å². The van der Waals surface area contributed by atoms with Crippen molar-refractivity contribution in [2.45, 2.75) is 20.3 Å². The van der Waals surface area contributed by atoms with Crippen LogP contribution in [0.4, 0.5) is 5.69 Å². The van der Waals surface area contributed by atoms with Gasteiger partial charge in [0, 0.05) is 12.1 Å². The number of halogens is 1. The maximum absolute atomic E-state index is 11.5. The van der Waals surface area contributed by atoms with Gasteiger partial charge in [-0.15, -0.1) is 0 Å². The van der Waals surface area contributed by atoms with E-state index in [2.05, 4.69) is 10.6 Å². The molecule has 104 valence electrons. The molecule has 0 aliphatic heterocycles. The van der Waals surface area contributed by atoms with Crippen LogP contribution in [0.3, 0.4) is 0 Å². The third kappa shape index (κ3) is 5.44. The molecule has 0 saturated heterocycles. The van der Waals surface area contributed by atoms with Crippen LogP contribution in [0.25, 0.3) is 0 Å². The van der Waals surface area contributed by atoms with Gasteiger partial charge in [0.1, 0.15) is 5.75 Å². The number of nitrogens with one attached hydrogen (secondary N) is 2. The third-order valence-electron chi connectivity index (χ3n) is 2.26. The predicted octanol–water partition coefficient (Wildman–Crippen LogP) is 3.21. The molecule has 1 aromatic rings. The number of rotatable bonds is 4. The van der Waals surface area contributed by atoms with Crippen LogP contribution < -0.4 is 15.4 Å². The van der Waals surface area contributed by atoms with Crippen molar-refractivity contribution in [3.8, 4) is 5.75 Å². The van der Waals surface area contributed by atoms with Crippen molar-refractivity contribution < 1.29 is 9.53 Å². The maximum Gasteiger partial charge on any atom is 0.226 e. The van der Waals surface area contributed by atoms with Crippen molar-refractivity contribution in [1.82, 2.24) is 5.32 Å². The minimum Gasteiger partial charge on any atom is -0.495 e. The van der Waals surface area contributed by atoms with Crippen LogP contribution >= 0.6 is 23.8 Å². The lowest BCUT2D eigenvalue weighted by atomic mass is 10.1. The number of hydrogen-bond acceptors (Lipinski definition) is 3. The van der Waals surface area contributed by atoms with E-state index >= 15 is 0 Å². The highest BCUT2D eigenvalue weighted by Gasteiger charge is 2.08. The van der Waals surface area contributed by atoms with Gasteiger partial charge in [0.15, 0.2) is 5.11 Å². The lowest BCUT2D eigenvalue weighted by Gasteiger charge is -2.11. The minimum atomic E-state index is -0.105. The molecule has 0 atom stereocenters. The quantitative estimate of drug-likeness (QED) is 0.838. The molecule has 0 radical (unpaired) electrons. The highest BCUT2D eigenvalue weighted by Crippen LogP contribution is 2.27. The second-order valence-corrected chi connectivity index (χ2v) is 5.27. The zero-order valence-corrected chi connectivity index (χ0v) is 12.7. The summed E-state index contributed by atoms with van der Waals surface area (Å²) < 4.78 is 5.05. The van der Waals surface area contributed by atoms with Crippen LogP contribution in [-0.4, -0.2) is 18.1 Å². The van der Waals surface area contributed by atoms with Gasteiger partial charge in [-0.25, -0.2) is 0 Å². The van der Waals surface area contributed by atoms with E-state index in [1.807, 2.05) is 13.8 Å². The highest BCUT2D eigenvalue weighted by atomic mass is 35.5. The summed E-state index contributed by atoms with van der Waals surface area (Å²) in [7, 11) is 1.55. The molecule has 0 aliphatic rings. The van der Waals surface area contributed by atoms with E-state index in [1.54, 1.807) is 25.3 Å². The number of carbonyl (C=O) groups excluding carboxylic acids is 1. The van der Waals surface area contributed by atoms with Crippen LogP contribution in [-0.2, 0) is 4.79 Å². The summed E-state index contributed by atoms with van der Waals surface area (Å²) >= 11 is 11.0. The topological polar surface area (TPSA) is 50.4 Å². The minimum absolute atomic E-state index is 0.105. The van der Waals surface area contributed by atoms with Gasteiger partial charge in [0.2, 0.25) is 5.91 Å². The predicted molar refractivity (Wildman–Crippen MR) is 81.8 cm³/mol. The summed E-state index contributed by atoms with van der Waals surface area (Å²) in [6.45, 7) is 3.94. The number of thiocarbonyl (C=S) groups is 1. The lowest BCUT2D eigenvalue weighted by Crippen LogP contribution is -2.34. The molecule has 0 fully saturated rings. The van der Waals surface area contributed by atoms with Gasteiger partial charge in [-0.3, -0.25) is 4.79 Å². The molecule has 1 rings (SSSR count). The van der Waals surface area contributed by atoms with Crippen LogP contribution in [0.15, 0.2) is 18.2 Å². The fraction of sp³-hybridized carbons (Fsp3) is 0.385. The highest BCUT2D eigenvalue weighted by molar-refractivity contribution is 7.80. The zero-order valence-electron chi connectivity index (χ0n) is 11.1. The average molecular weight is 301 g/mol. The van der Waals surface area contributed by atoms with E-state index in [4.69, 9.17) is 28.6 Å². The van der Waals surface area contributed by atoms with Crippen LogP contribution in [0.5, 0.6) is 5.75 Å². The molecule has 0 heterocycles. The Morgan fingerprint density at radius 3 is 2.68 bits per heavy atom. The van der Waals surface area contributed by atoms with Gasteiger partial charge in [-0.1, -0.05) is 25.4 Å². The summed E-state index contributed by atoms with van der Waals surface area (Å²) in [5.41, 5.74) is 0.695. The van der Waals surface area contributed by atoms with Gasteiger partial charge < -0.3 is 15.4 Å². The molecule has 4 nitrogen and oxygen atoms in total. The maximum atomic E-state index is 11.5. The largest absolute Gasteiger partial charge is 0.495 e. The summed E-state index contributed by atoms with van der Waals surface area (Å²) in [6.07, 6.45) is 0.436. The SMILES string of the molecule is COc1ccc(NC(=S)NC(=O)CC(C)C)cc1Cl. The third-order valence-corrected chi connectivity index (χ3v) is 2.76. The van der Waals surface area contributed by atoms with E-state index in [1.165, 1.54) is 0 Å². The van der Waals surface area contributed by atoms with Crippen molar-refractivity contribution in [2.24, 2.45) is 5.92 Å². The molecule has 0 unspecified atom stereocenters. The van der Waals surface area contributed by atoms with E-state index < -0.39 is 0 Å². The first-order chi connectivity index (χ1) is 8.92. The Morgan fingerprint density at radius 1 is 1.47 bits per heavy atom. The number of ether oxygens (including phenoxy) is 1. The van der Waals surface area contributed by atoms with E-state index in [-0.39, 0.29) is 11.0 Å². The molecule has 0 bridgehead atoms. The average Bonchev–Trinajstić information content (AvgIpc) is 2.27. The molecule has 0 spiro atoms. The monoisotopic (exact) mass is 300 g/mol. The number of amides is 1.